The molecule has 0 saturated carbocycles. The molecule has 0 aliphatic rings. The summed E-state index contributed by atoms with van der Waals surface area (Å²) in [5, 5.41) is 14.7. The van der Waals surface area contributed by atoms with E-state index in [-0.39, 0.29) is 5.91 Å². The van der Waals surface area contributed by atoms with Gasteiger partial charge in [0.1, 0.15) is 0 Å². The van der Waals surface area contributed by atoms with Gasteiger partial charge in [0.15, 0.2) is 0 Å². The third-order valence-electron chi connectivity index (χ3n) is 6.74. The van der Waals surface area contributed by atoms with E-state index < -0.39 is 0 Å². The summed E-state index contributed by atoms with van der Waals surface area (Å²) in [6, 6.07) is 40.9. The zero-order valence-electron chi connectivity index (χ0n) is 26.9. The molecule has 0 bridgehead atoms. The van der Waals surface area contributed by atoms with Crippen molar-refractivity contribution >= 4 is 29.7 Å². The van der Waals surface area contributed by atoms with Crippen molar-refractivity contribution in [2.24, 2.45) is 10.2 Å². The van der Waals surface area contributed by atoms with E-state index in [1.165, 1.54) is 5.56 Å². The molecule has 1 amide bonds. The summed E-state index contributed by atoms with van der Waals surface area (Å²) < 4.78 is 0. The maximum Gasteiger partial charge on any atom is 0.251 e. The van der Waals surface area contributed by atoms with Crippen molar-refractivity contribution in [1.29, 1.82) is 0 Å². The van der Waals surface area contributed by atoms with Crippen LogP contribution in [0.2, 0.25) is 0 Å². The number of benzene rings is 4. The van der Waals surface area contributed by atoms with Crippen LogP contribution in [0.1, 0.15) is 32.7 Å². The smallest absolute Gasteiger partial charge is 0.251 e. The highest BCUT2D eigenvalue weighted by molar-refractivity contribution is 5.94. The lowest BCUT2D eigenvalue weighted by molar-refractivity contribution is 0.0950. The number of likely N-dealkylation sites (N-methyl/N-ethyl adjacent to an activating group) is 1. The molecule has 4 N–H and O–H groups in total. The normalized spacial score (nSPS) is 10.9. The first-order chi connectivity index (χ1) is 23.0. The van der Waals surface area contributed by atoms with E-state index in [0.717, 1.165) is 47.8 Å². The minimum absolute atomic E-state index is 0.134. The van der Waals surface area contributed by atoms with Crippen molar-refractivity contribution in [3.8, 4) is 0 Å². The number of amides is 1. The molecule has 0 aliphatic heterocycles. The fourth-order valence-electron chi connectivity index (χ4n) is 4.15. The van der Waals surface area contributed by atoms with Gasteiger partial charge in [0.05, 0.1) is 36.0 Å². The summed E-state index contributed by atoms with van der Waals surface area (Å²) in [7, 11) is 4.16. The van der Waals surface area contributed by atoms with Crippen molar-refractivity contribution in [3.63, 3.8) is 0 Å². The number of hydrogen-bond acceptors (Lipinski definition) is 8. The quantitative estimate of drug-likeness (QED) is 0.0661. The molecule has 5 aromatic rings. The molecule has 240 valence electrons. The summed E-state index contributed by atoms with van der Waals surface area (Å²) in [5.74, 6) is -0.134. The molecule has 4 aromatic carbocycles. The van der Waals surface area contributed by atoms with E-state index >= 15 is 0 Å². The largest absolute Gasteiger partial charge is 0.346 e. The molecule has 5 rings (SSSR count). The first kappa shape index (κ1) is 34.2. The average Bonchev–Trinajstić information content (AvgIpc) is 3.11. The van der Waals surface area contributed by atoms with E-state index in [1.807, 2.05) is 109 Å². The maximum absolute atomic E-state index is 12.1. The van der Waals surface area contributed by atoms with Crippen LogP contribution in [0.15, 0.2) is 144 Å². The molecule has 47 heavy (non-hydrogen) atoms. The Balaban J connectivity index is 0.000000215. The predicted octanol–water partition coefficient (Wildman–Crippen LogP) is 6.24. The summed E-state index contributed by atoms with van der Waals surface area (Å²) in [4.78, 5) is 18.5. The average molecular weight is 627 g/mol. The van der Waals surface area contributed by atoms with Crippen LogP contribution in [0.3, 0.4) is 0 Å². The number of pyridine rings is 1. The SMILES string of the molecule is CN(C)CCNCc1ccc(N/N=C/c2ccccc2)cc1.O=C(NCc1ccccn1)c1ccc(N/N=C/c2ccccc2)cc1. The van der Waals surface area contributed by atoms with Crippen molar-refractivity contribution in [2.75, 3.05) is 38.0 Å². The minimum Gasteiger partial charge on any atom is -0.346 e. The number of rotatable bonds is 14. The Morgan fingerprint density at radius 1 is 0.681 bits per heavy atom. The number of hydrogen-bond donors (Lipinski definition) is 4. The Hall–Kier alpha value is -5.64. The second-order valence-corrected chi connectivity index (χ2v) is 10.8. The van der Waals surface area contributed by atoms with E-state index in [2.05, 4.69) is 67.8 Å². The monoisotopic (exact) mass is 626 g/mol. The molecule has 0 radical (unpaired) electrons. The van der Waals surface area contributed by atoms with Crippen LogP contribution in [0.4, 0.5) is 11.4 Å². The van der Waals surface area contributed by atoms with Gasteiger partial charge in [-0.25, -0.2) is 0 Å². The van der Waals surface area contributed by atoms with Crippen LogP contribution < -0.4 is 21.5 Å². The molecular formula is C38H42N8O. The van der Waals surface area contributed by atoms with Crippen LogP contribution in [0.25, 0.3) is 0 Å². The van der Waals surface area contributed by atoms with Crippen LogP contribution in [0, 0.1) is 0 Å². The van der Waals surface area contributed by atoms with Gasteiger partial charge in [0, 0.05) is 31.4 Å². The molecule has 0 aliphatic carbocycles. The third kappa shape index (κ3) is 13.5. The van der Waals surface area contributed by atoms with Gasteiger partial charge in [-0.1, -0.05) is 78.9 Å². The van der Waals surface area contributed by atoms with Gasteiger partial charge in [-0.2, -0.15) is 10.2 Å². The van der Waals surface area contributed by atoms with Crippen molar-refractivity contribution < 1.29 is 4.79 Å². The van der Waals surface area contributed by atoms with Gasteiger partial charge in [-0.15, -0.1) is 0 Å². The van der Waals surface area contributed by atoms with Gasteiger partial charge in [-0.3, -0.25) is 20.6 Å². The number of anilines is 2. The second-order valence-electron chi connectivity index (χ2n) is 10.8. The Morgan fingerprint density at radius 3 is 1.77 bits per heavy atom. The third-order valence-corrected chi connectivity index (χ3v) is 6.74. The van der Waals surface area contributed by atoms with E-state index in [1.54, 1.807) is 24.5 Å². The lowest BCUT2D eigenvalue weighted by atomic mass is 10.2. The first-order valence-corrected chi connectivity index (χ1v) is 15.5. The topological polar surface area (TPSA) is 106 Å². The van der Waals surface area contributed by atoms with Gasteiger partial charge < -0.3 is 15.5 Å². The highest BCUT2D eigenvalue weighted by Crippen LogP contribution is 2.11. The van der Waals surface area contributed by atoms with Crippen LogP contribution in [0.5, 0.6) is 0 Å². The van der Waals surface area contributed by atoms with Crippen molar-refractivity contribution in [3.05, 3.63) is 162 Å². The number of aromatic nitrogens is 1. The second kappa shape index (κ2) is 19.7. The highest BCUT2D eigenvalue weighted by Gasteiger charge is 2.05. The van der Waals surface area contributed by atoms with E-state index in [4.69, 9.17) is 0 Å². The van der Waals surface area contributed by atoms with Gasteiger partial charge in [-0.05, 0) is 79.3 Å². The van der Waals surface area contributed by atoms with Crippen LogP contribution in [-0.2, 0) is 13.1 Å². The molecule has 0 spiro atoms. The van der Waals surface area contributed by atoms with Gasteiger partial charge >= 0.3 is 0 Å². The van der Waals surface area contributed by atoms with E-state index in [9.17, 15) is 4.79 Å². The number of carbonyl (C=O) groups excluding carboxylic acids is 1. The van der Waals surface area contributed by atoms with Gasteiger partial charge in [0.25, 0.3) is 5.91 Å². The minimum atomic E-state index is -0.134. The lowest BCUT2D eigenvalue weighted by Gasteiger charge is -2.10. The van der Waals surface area contributed by atoms with Crippen LogP contribution in [-0.4, -0.2) is 55.4 Å². The summed E-state index contributed by atoms with van der Waals surface area (Å²) in [6.07, 6.45) is 5.27. The summed E-state index contributed by atoms with van der Waals surface area (Å²) >= 11 is 0. The summed E-state index contributed by atoms with van der Waals surface area (Å²) in [5.41, 5.74) is 12.6. The van der Waals surface area contributed by atoms with Crippen molar-refractivity contribution in [2.45, 2.75) is 13.1 Å². The molecule has 9 nitrogen and oxygen atoms in total. The molecule has 0 saturated heterocycles. The van der Waals surface area contributed by atoms with Crippen molar-refractivity contribution in [1.82, 2.24) is 20.5 Å². The molecule has 0 fully saturated rings. The first-order valence-electron chi connectivity index (χ1n) is 15.5. The molecule has 9 heteroatoms. The molecule has 0 atom stereocenters. The number of hydrazone groups is 2. The number of nitrogens with one attached hydrogen (secondary N) is 4. The Morgan fingerprint density at radius 2 is 1.23 bits per heavy atom. The zero-order chi connectivity index (χ0) is 32.9. The Labute approximate surface area is 277 Å². The molecular weight excluding hydrogens is 584 g/mol. The van der Waals surface area contributed by atoms with Crippen LogP contribution >= 0.6 is 0 Å². The standard InChI is InChI=1S/C20H18N4O.C18H24N4/c25-20(22-15-19-8-4-5-13-21-19)17-9-11-18(12-10-17)24-23-14-16-6-2-1-3-7-16;1-22(2)13-12-19-14-17-8-10-18(11-9-17)21-20-15-16-6-4-3-5-7-16/h1-14,24H,15H2,(H,22,25);3-11,15,19,21H,12-14H2,1-2H3/b23-14+;20-15+. The molecule has 0 unspecified atom stereocenters. The highest BCUT2D eigenvalue weighted by atomic mass is 16.1. The Bertz CT molecular complexity index is 1640. The number of carbonyl (C=O) groups is 1. The lowest BCUT2D eigenvalue weighted by Crippen LogP contribution is -2.26. The Kier molecular flexibility index (Phi) is 14.3. The maximum atomic E-state index is 12.1. The fourth-order valence-corrected chi connectivity index (χ4v) is 4.15. The summed E-state index contributed by atoms with van der Waals surface area (Å²) in [6.45, 7) is 3.34. The fraction of sp³-hybridized carbons (Fsp3) is 0.158. The molecule has 1 aromatic heterocycles. The number of nitrogens with zero attached hydrogens (tertiary/aromatic N) is 4. The molecule has 1 heterocycles. The zero-order valence-corrected chi connectivity index (χ0v) is 26.9. The van der Waals surface area contributed by atoms with Gasteiger partial charge in [0.2, 0.25) is 0 Å². The van der Waals surface area contributed by atoms with E-state index in [0.29, 0.717) is 12.1 Å². The predicted molar refractivity (Wildman–Crippen MR) is 194 cm³/mol.